The lowest BCUT2D eigenvalue weighted by Gasteiger charge is -2.08. The van der Waals surface area contributed by atoms with E-state index in [2.05, 4.69) is 15.3 Å². The lowest BCUT2D eigenvalue weighted by atomic mass is 10.1. The van der Waals surface area contributed by atoms with Crippen LogP contribution < -0.4 is 5.32 Å². The van der Waals surface area contributed by atoms with Crippen molar-refractivity contribution in [1.82, 2.24) is 15.3 Å². The normalized spacial score (nSPS) is 11.4. The maximum absolute atomic E-state index is 12.7. The molecule has 5 nitrogen and oxygen atoms in total. The summed E-state index contributed by atoms with van der Waals surface area (Å²) in [4.78, 5) is 20.0. The molecule has 3 rings (SSSR count). The molecule has 0 atom stereocenters. The quantitative estimate of drug-likeness (QED) is 0.731. The molecule has 0 saturated carbocycles. The second kappa shape index (κ2) is 7.61. The summed E-state index contributed by atoms with van der Waals surface area (Å²) >= 11 is 0. The standard InChI is InChI=1S/C19H16F3N3O2/c1-12-2-4-13(5-3-12)18-25-15(11-27-18)7-9-24-17(26)16-10-14(6-8-23-16)19(20,21)22/h2-6,8,10-11H,7,9H2,1H3,(H,24,26). The molecular weight excluding hydrogens is 359 g/mol. The number of amides is 1. The Kier molecular flexibility index (Phi) is 5.25. The third-order valence-electron chi connectivity index (χ3n) is 3.84. The van der Waals surface area contributed by atoms with Gasteiger partial charge in [-0.15, -0.1) is 0 Å². The van der Waals surface area contributed by atoms with Crippen molar-refractivity contribution in [1.29, 1.82) is 0 Å². The van der Waals surface area contributed by atoms with E-state index in [-0.39, 0.29) is 12.2 Å². The number of aryl methyl sites for hydroxylation is 1. The molecule has 0 aliphatic rings. The Bertz CT molecular complexity index is 934. The number of alkyl halides is 3. The van der Waals surface area contributed by atoms with Gasteiger partial charge >= 0.3 is 6.18 Å². The van der Waals surface area contributed by atoms with Crippen molar-refractivity contribution in [3.05, 3.63) is 71.4 Å². The minimum Gasteiger partial charge on any atom is -0.444 e. The Hall–Kier alpha value is -3.16. The van der Waals surface area contributed by atoms with E-state index < -0.39 is 17.6 Å². The molecule has 0 bridgehead atoms. The van der Waals surface area contributed by atoms with Gasteiger partial charge in [0, 0.05) is 24.7 Å². The number of hydrogen-bond donors (Lipinski definition) is 1. The lowest BCUT2D eigenvalue weighted by Crippen LogP contribution is -2.27. The van der Waals surface area contributed by atoms with Gasteiger partial charge in [-0.05, 0) is 31.2 Å². The maximum Gasteiger partial charge on any atom is 0.416 e. The minimum absolute atomic E-state index is 0.191. The smallest absolute Gasteiger partial charge is 0.416 e. The van der Waals surface area contributed by atoms with Crippen LogP contribution in [0.2, 0.25) is 0 Å². The van der Waals surface area contributed by atoms with E-state index in [9.17, 15) is 18.0 Å². The van der Waals surface area contributed by atoms with Crippen molar-refractivity contribution in [2.75, 3.05) is 6.54 Å². The first-order valence-corrected chi connectivity index (χ1v) is 8.16. The van der Waals surface area contributed by atoms with E-state index in [1.807, 2.05) is 31.2 Å². The van der Waals surface area contributed by atoms with E-state index in [4.69, 9.17) is 4.42 Å². The van der Waals surface area contributed by atoms with Gasteiger partial charge in [-0.3, -0.25) is 9.78 Å². The van der Waals surface area contributed by atoms with E-state index in [0.29, 0.717) is 18.0 Å². The van der Waals surface area contributed by atoms with Crippen LogP contribution >= 0.6 is 0 Å². The zero-order valence-electron chi connectivity index (χ0n) is 14.4. The van der Waals surface area contributed by atoms with Gasteiger partial charge in [0.05, 0.1) is 11.3 Å². The number of oxazole rings is 1. The topological polar surface area (TPSA) is 68.0 Å². The largest absolute Gasteiger partial charge is 0.444 e. The summed E-state index contributed by atoms with van der Waals surface area (Å²) in [6.07, 6.45) is -1.70. The number of nitrogens with one attached hydrogen (secondary N) is 1. The zero-order valence-corrected chi connectivity index (χ0v) is 14.4. The zero-order chi connectivity index (χ0) is 19.4. The number of hydrogen-bond acceptors (Lipinski definition) is 4. The van der Waals surface area contributed by atoms with Crippen LogP contribution in [-0.2, 0) is 12.6 Å². The summed E-state index contributed by atoms with van der Waals surface area (Å²) in [5, 5.41) is 2.53. The van der Waals surface area contributed by atoms with E-state index in [1.54, 1.807) is 0 Å². The van der Waals surface area contributed by atoms with Crippen molar-refractivity contribution in [2.45, 2.75) is 19.5 Å². The van der Waals surface area contributed by atoms with Gasteiger partial charge in [-0.2, -0.15) is 13.2 Å². The molecular formula is C19H16F3N3O2. The highest BCUT2D eigenvalue weighted by atomic mass is 19.4. The Morgan fingerprint density at radius 3 is 2.63 bits per heavy atom. The first kappa shape index (κ1) is 18.6. The number of nitrogens with zero attached hydrogens (tertiary/aromatic N) is 2. The summed E-state index contributed by atoms with van der Waals surface area (Å²) in [6.45, 7) is 2.17. The number of halogens is 3. The third kappa shape index (κ3) is 4.72. The lowest BCUT2D eigenvalue weighted by molar-refractivity contribution is -0.137. The highest BCUT2D eigenvalue weighted by Gasteiger charge is 2.31. The van der Waals surface area contributed by atoms with Crippen LogP contribution in [0.3, 0.4) is 0 Å². The number of pyridine rings is 1. The second-order valence-corrected chi connectivity index (χ2v) is 5.94. The predicted octanol–water partition coefficient (Wildman–Crippen LogP) is 4.04. The molecule has 0 radical (unpaired) electrons. The van der Waals surface area contributed by atoms with E-state index in [0.717, 1.165) is 29.5 Å². The second-order valence-electron chi connectivity index (χ2n) is 5.94. The van der Waals surface area contributed by atoms with Crippen LogP contribution in [0.15, 0.2) is 53.3 Å². The molecule has 0 unspecified atom stereocenters. The molecule has 1 amide bonds. The molecule has 0 spiro atoms. The first-order chi connectivity index (χ1) is 12.8. The van der Waals surface area contributed by atoms with Crippen LogP contribution in [0, 0.1) is 6.92 Å². The van der Waals surface area contributed by atoms with Crippen molar-refractivity contribution in [3.8, 4) is 11.5 Å². The summed E-state index contributed by atoms with van der Waals surface area (Å²) < 4.78 is 43.5. The van der Waals surface area contributed by atoms with Gasteiger partial charge in [0.15, 0.2) is 0 Å². The van der Waals surface area contributed by atoms with Gasteiger partial charge in [0.2, 0.25) is 5.89 Å². The Morgan fingerprint density at radius 2 is 1.93 bits per heavy atom. The van der Waals surface area contributed by atoms with Gasteiger partial charge < -0.3 is 9.73 Å². The van der Waals surface area contributed by atoms with Crippen molar-refractivity contribution < 1.29 is 22.4 Å². The van der Waals surface area contributed by atoms with E-state index in [1.165, 1.54) is 6.26 Å². The molecule has 0 aliphatic carbocycles. The van der Waals surface area contributed by atoms with Gasteiger partial charge in [-0.25, -0.2) is 4.98 Å². The summed E-state index contributed by atoms with van der Waals surface area (Å²) in [5.41, 5.74) is 1.38. The first-order valence-electron chi connectivity index (χ1n) is 8.16. The summed E-state index contributed by atoms with van der Waals surface area (Å²) in [6, 6.07) is 9.22. The summed E-state index contributed by atoms with van der Waals surface area (Å²) in [5.74, 6) is -0.209. The summed E-state index contributed by atoms with van der Waals surface area (Å²) in [7, 11) is 0. The molecule has 0 saturated heterocycles. The van der Waals surface area contributed by atoms with Crippen LogP contribution in [0.4, 0.5) is 13.2 Å². The molecule has 0 fully saturated rings. The number of carbonyl (C=O) groups excluding carboxylic acids is 1. The number of carbonyl (C=O) groups is 1. The van der Waals surface area contributed by atoms with Crippen LogP contribution in [0.1, 0.15) is 27.3 Å². The average molecular weight is 375 g/mol. The van der Waals surface area contributed by atoms with Gasteiger partial charge in [0.25, 0.3) is 5.91 Å². The van der Waals surface area contributed by atoms with Crippen molar-refractivity contribution in [3.63, 3.8) is 0 Å². The van der Waals surface area contributed by atoms with Crippen molar-refractivity contribution in [2.24, 2.45) is 0 Å². The number of benzene rings is 1. The fraction of sp³-hybridized carbons (Fsp3) is 0.211. The van der Waals surface area contributed by atoms with Crippen molar-refractivity contribution >= 4 is 5.91 Å². The molecule has 1 aromatic carbocycles. The molecule has 0 aliphatic heterocycles. The molecule has 140 valence electrons. The third-order valence-corrected chi connectivity index (χ3v) is 3.84. The Labute approximate surface area is 153 Å². The maximum atomic E-state index is 12.7. The molecule has 27 heavy (non-hydrogen) atoms. The Balaban J connectivity index is 1.57. The minimum atomic E-state index is -4.52. The highest BCUT2D eigenvalue weighted by molar-refractivity contribution is 5.92. The fourth-order valence-electron chi connectivity index (χ4n) is 2.38. The number of rotatable bonds is 5. The molecule has 8 heteroatoms. The van der Waals surface area contributed by atoms with E-state index >= 15 is 0 Å². The molecule has 1 N–H and O–H groups in total. The van der Waals surface area contributed by atoms with Crippen LogP contribution in [0.25, 0.3) is 11.5 Å². The molecule has 2 aromatic heterocycles. The predicted molar refractivity (Wildman–Crippen MR) is 92.0 cm³/mol. The van der Waals surface area contributed by atoms with Crippen LogP contribution in [-0.4, -0.2) is 22.4 Å². The Morgan fingerprint density at radius 1 is 1.19 bits per heavy atom. The highest BCUT2D eigenvalue weighted by Crippen LogP contribution is 2.29. The SMILES string of the molecule is Cc1ccc(-c2nc(CCNC(=O)c3cc(C(F)(F)F)ccn3)co2)cc1. The number of aromatic nitrogens is 2. The fourth-order valence-corrected chi connectivity index (χ4v) is 2.38. The average Bonchev–Trinajstić information content (AvgIpc) is 3.10. The monoisotopic (exact) mass is 375 g/mol. The van der Waals surface area contributed by atoms with Crippen LogP contribution in [0.5, 0.6) is 0 Å². The molecule has 3 aromatic rings. The van der Waals surface area contributed by atoms with Gasteiger partial charge in [-0.1, -0.05) is 17.7 Å². The van der Waals surface area contributed by atoms with Gasteiger partial charge in [0.1, 0.15) is 12.0 Å². The molecule has 2 heterocycles.